The van der Waals surface area contributed by atoms with Gasteiger partial charge in [-0.1, -0.05) is 48.0 Å². The summed E-state index contributed by atoms with van der Waals surface area (Å²) in [4.78, 5) is 4.49. The molecule has 0 radical (unpaired) electrons. The molecule has 0 fully saturated rings. The van der Waals surface area contributed by atoms with Crippen LogP contribution in [0.5, 0.6) is 0 Å². The Bertz CT molecular complexity index is 881. The van der Waals surface area contributed by atoms with E-state index < -0.39 is 13.7 Å². The summed E-state index contributed by atoms with van der Waals surface area (Å²) >= 11 is 0. The first-order valence-electron chi connectivity index (χ1n) is 8.67. The van der Waals surface area contributed by atoms with Crippen LogP contribution >= 0.6 is 0 Å². The van der Waals surface area contributed by atoms with Crippen LogP contribution in [0.25, 0.3) is 22.2 Å². The monoisotopic (exact) mass is 239 g/mol. The summed E-state index contributed by atoms with van der Waals surface area (Å²) in [6.07, 6.45) is 0. The number of fused-ring (bicyclic) bond motifs is 1. The van der Waals surface area contributed by atoms with Crippen LogP contribution < -0.4 is 0 Å². The summed E-state index contributed by atoms with van der Waals surface area (Å²) in [5.74, 6) is 0. The zero-order valence-electron chi connectivity index (χ0n) is 15.6. The van der Waals surface area contributed by atoms with Crippen molar-refractivity contribution in [2.24, 2.45) is 0 Å². The summed E-state index contributed by atoms with van der Waals surface area (Å²) in [7, 11) is 0. The molecule has 1 aromatic heterocycles. The molecule has 0 atom stereocenters. The molecule has 0 aliphatic rings. The first-order valence-corrected chi connectivity index (χ1v) is 5.67. The zero-order chi connectivity index (χ0) is 17.5. The lowest BCUT2D eigenvalue weighted by Gasteiger charge is -2.06. The molecule has 0 amide bonds. The maximum Gasteiger partial charge on any atom is 0.0738 e. The maximum atomic E-state index is 7.74. The number of pyridine rings is 1. The van der Waals surface area contributed by atoms with Gasteiger partial charge in [-0.2, -0.15) is 0 Å². The number of aryl methyl sites for hydroxylation is 2. The Morgan fingerprint density at radius 1 is 0.944 bits per heavy atom. The molecule has 0 N–H and O–H groups in total. The molecule has 1 heteroatoms. The maximum absolute atomic E-state index is 7.74. The van der Waals surface area contributed by atoms with Gasteiger partial charge in [0.2, 0.25) is 0 Å². The first kappa shape index (κ1) is 6.14. The number of rotatable bonds is 1. The first-order chi connectivity index (χ1) is 11.2. The minimum Gasteiger partial charge on any atom is -0.248 e. The topological polar surface area (TPSA) is 12.9 Å². The second kappa shape index (κ2) is 4.26. The van der Waals surface area contributed by atoms with E-state index in [2.05, 4.69) is 4.98 Å². The number of hydrogen-bond acceptors (Lipinski definition) is 1. The predicted molar refractivity (Wildman–Crippen MR) is 76.7 cm³/mol. The highest BCUT2D eigenvalue weighted by Crippen LogP contribution is 2.23. The van der Waals surface area contributed by atoms with E-state index in [1.807, 2.05) is 30.3 Å². The van der Waals surface area contributed by atoms with E-state index in [0.29, 0.717) is 16.6 Å². The van der Waals surface area contributed by atoms with Gasteiger partial charge in [0.25, 0.3) is 0 Å². The standard InChI is InChI=1S/C17H15N/c1-12-10-13(2)17-15(11-12)8-9-16(18-17)14-6-4-3-5-7-14/h3-11H,1-2H3/i1D3,2D3. The predicted octanol–water partition coefficient (Wildman–Crippen LogP) is 4.52. The highest BCUT2D eigenvalue weighted by atomic mass is 14.7. The molecule has 1 nitrogen and oxygen atoms in total. The van der Waals surface area contributed by atoms with Crippen molar-refractivity contribution in [3.05, 3.63) is 65.7 Å². The van der Waals surface area contributed by atoms with Crippen molar-refractivity contribution in [1.82, 2.24) is 4.98 Å². The van der Waals surface area contributed by atoms with E-state index in [1.54, 1.807) is 12.1 Å². The average molecular weight is 239 g/mol. The van der Waals surface area contributed by atoms with Crippen molar-refractivity contribution in [1.29, 1.82) is 0 Å². The van der Waals surface area contributed by atoms with Crippen LogP contribution in [0.4, 0.5) is 0 Å². The molecular weight excluding hydrogens is 218 g/mol. The molecule has 0 aliphatic carbocycles. The van der Waals surface area contributed by atoms with E-state index >= 15 is 0 Å². The van der Waals surface area contributed by atoms with Gasteiger partial charge in [0, 0.05) is 19.2 Å². The molecule has 3 aromatic rings. The van der Waals surface area contributed by atoms with Gasteiger partial charge >= 0.3 is 0 Å². The van der Waals surface area contributed by atoms with Gasteiger partial charge in [0.05, 0.1) is 11.2 Å². The zero-order valence-corrected chi connectivity index (χ0v) is 9.64. The molecule has 3 rings (SSSR count). The van der Waals surface area contributed by atoms with Crippen LogP contribution in [0.3, 0.4) is 0 Å². The molecule has 0 aliphatic heterocycles. The molecule has 0 saturated carbocycles. The Morgan fingerprint density at radius 2 is 1.83 bits per heavy atom. The van der Waals surface area contributed by atoms with Crippen molar-refractivity contribution in [2.75, 3.05) is 0 Å². The van der Waals surface area contributed by atoms with Gasteiger partial charge in [0.15, 0.2) is 0 Å². The number of aromatic nitrogens is 1. The van der Waals surface area contributed by atoms with E-state index in [9.17, 15) is 0 Å². The van der Waals surface area contributed by atoms with Crippen LogP contribution in [0.1, 0.15) is 19.4 Å². The van der Waals surface area contributed by atoms with Crippen molar-refractivity contribution in [3.8, 4) is 11.3 Å². The Kier molecular flexibility index (Phi) is 1.46. The molecule has 0 unspecified atom stereocenters. The van der Waals surface area contributed by atoms with Crippen molar-refractivity contribution in [3.63, 3.8) is 0 Å². The SMILES string of the molecule is [2H]C([2H])([2H])c1cc(C([2H])([2H])[2H])c2nc(-c3ccccc3)ccc2c1. The molecule has 0 saturated heterocycles. The summed E-state index contributed by atoms with van der Waals surface area (Å²) in [5.41, 5.74) is 1.80. The second-order valence-corrected chi connectivity index (χ2v) is 4.16. The van der Waals surface area contributed by atoms with Crippen molar-refractivity contribution in [2.45, 2.75) is 13.7 Å². The van der Waals surface area contributed by atoms with E-state index in [4.69, 9.17) is 8.22 Å². The van der Waals surface area contributed by atoms with Gasteiger partial charge in [0.1, 0.15) is 0 Å². The third kappa shape index (κ3) is 1.88. The third-order valence-corrected chi connectivity index (χ3v) is 2.86. The minimum atomic E-state index is -2.44. The van der Waals surface area contributed by atoms with Crippen LogP contribution in [0.2, 0.25) is 0 Å². The smallest absolute Gasteiger partial charge is 0.0738 e. The summed E-state index contributed by atoms with van der Waals surface area (Å²) in [5, 5.41) is 0.509. The van der Waals surface area contributed by atoms with Crippen LogP contribution in [0.15, 0.2) is 54.6 Å². The van der Waals surface area contributed by atoms with E-state index in [1.165, 1.54) is 12.1 Å². The fourth-order valence-corrected chi connectivity index (χ4v) is 2.00. The Labute approximate surface area is 116 Å². The molecule has 0 spiro atoms. The quantitative estimate of drug-likeness (QED) is 0.608. The lowest BCUT2D eigenvalue weighted by atomic mass is 10.0. The molecule has 0 bridgehead atoms. The molecule has 88 valence electrons. The van der Waals surface area contributed by atoms with Crippen molar-refractivity contribution >= 4 is 10.9 Å². The van der Waals surface area contributed by atoms with Crippen LogP contribution in [-0.4, -0.2) is 4.98 Å². The van der Waals surface area contributed by atoms with E-state index in [0.717, 1.165) is 5.56 Å². The normalized spacial score (nSPS) is 17.1. The van der Waals surface area contributed by atoms with Crippen LogP contribution in [0, 0.1) is 13.7 Å². The number of nitrogens with zero attached hydrogens (tertiary/aromatic N) is 1. The number of hydrogen-bond donors (Lipinski definition) is 0. The van der Waals surface area contributed by atoms with Gasteiger partial charge < -0.3 is 0 Å². The van der Waals surface area contributed by atoms with Gasteiger partial charge in [-0.3, -0.25) is 0 Å². The van der Waals surface area contributed by atoms with Gasteiger partial charge in [-0.25, -0.2) is 4.98 Å². The largest absolute Gasteiger partial charge is 0.248 e. The lowest BCUT2D eigenvalue weighted by molar-refractivity contribution is 1.34. The van der Waals surface area contributed by atoms with Crippen molar-refractivity contribution < 1.29 is 8.22 Å². The molecule has 18 heavy (non-hydrogen) atoms. The van der Waals surface area contributed by atoms with Gasteiger partial charge in [-0.15, -0.1) is 0 Å². The highest BCUT2D eigenvalue weighted by molar-refractivity contribution is 5.84. The number of benzene rings is 2. The fraction of sp³-hybridized carbons (Fsp3) is 0.118. The minimum absolute atomic E-state index is 0.00962. The third-order valence-electron chi connectivity index (χ3n) is 2.86. The molecule has 2 aromatic carbocycles. The second-order valence-electron chi connectivity index (χ2n) is 4.16. The van der Waals surface area contributed by atoms with Crippen LogP contribution in [-0.2, 0) is 0 Å². The fourth-order valence-electron chi connectivity index (χ4n) is 2.00. The molecule has 1 heterocycles. The highest BCUT2D eigenvalue weighted by Gasteiger charge is 2.03. The Hall–Kier alpha value is -2.15. The van der Waals surface area contributed by atoms with Gasteiger partial charge in [-0.05, 0) is 31.4 Å². The summed E-state index contributed by atoms with van der Waals surface area (Å²) in [6.45, 7) is -4.81. The summed E-state index contributed by atoms with van der Waals surface area (Å²) < 4.78 is 45.9. The average Bonchev–Trinajstić information content (AvgIpc) is 2.52. The summed E-state index contributed by atoms with van der Waals surface area (Å²) in [6, 6.07) is 15.6. The Balaban J connectivity index is 2.29. The van der Waals surface area contributed by atoms with E-state index in [-0.39, 0.29) is 11.1 Å². The lowest BCUT2D eigenvalue weighted by Crippen LogP contribution is -1.89. The Morgan fingerprint density at radius 3 is 2.61 bits per heavy atom. The molecular formula is C17H15N.